The number of nitrogens with two attached hydrogens (primary N) is 1. The Morgan fingerprint density at radius 2 is 2.19 bits per heavy atom. The third-order valence-electron chi connectivity index (χ3n) is 3.50. The highest BCUT2D eigenvalue weighted by atomic mass is 16.6. The number of quaternary nitrogens is 1. The quantitative estimate of drug-likeness (QED) is 0.295. The molecule has 0 atom stereocenters. The Balaban J connectivity index is 1.85. The lowest BCUT2D eigenvalue weighted by Gasteiger charge is -2.08. The SMILES string of the molecule is C[NH+](C)Cc1c(C(=O)N/N=C/c2ccccc2O)nnn1-c1nonc1N. The first-order chi connectivity index (χ1) is 13.0. The van der Waals surface area contributed by atoms with Crippen LogP contribution in [-0.2, 0) is 6.54 Å². The van der Waals surface area contributed by atoms with Crippen LogP contribution in [0.25, 0.3) is 5.82 Å². The Hall–Kier alpha value is -3.80. The molecular weight excluding hydrogens is 354 g/mol. The molecule has 12 nitrogen and oxygen atoms in total. The number of hydrogen-bond donors (Lipinski definition) is 4. The van der Waals surface area contributed by atoms with Crippen molar-refractivity contribution in [2.75, 3.05) is 19.8 Å². The maximum atomic E-state index is 12.5. The van der Waals surface area contributed by atoms with E-state index in [9.17, 15) is 9.90 Å². The van der Waals surface area contributed by atoms with Gasteiger partial charge in [-0.2, -0.15) is 9.78 Å². The molecule has 0 spiro atoms. The highest BCUT2D eigenvalue weighted by molar-refractivity contribution is 5.94. The van der Waals surface area contributed by atoms with Crippen molar-refractivity contribution < 1.29 is 19.4 Å². The van der Waals surface area contributed by atoms with Crippen molar-refractivity contribution in [3.05, 3.63) is 41.2 Å². The molecule has 12 heteroatoms. The molecule has 3 rings (SSSR count). The van der Waals surface area contributed by atoms with Gasteiger partial charge in [-0.05, 0) is 22.4 Å². The number of nitrogens with zero attached hydrogens (tertiary/aromatic N) is 6. The van der Waals surface area contributed by atoms with Crippen molar-refractivity contribution in [1.82, 2.24) is 30.7 Å². The van der Waals surface area contributed by atoms with E-state index in [4.69, 9.17) is 5.73 Å². The number of amides is 1. The molecule has 2 heterocycles. The molecule has 5 N–H and O–H groups in total. The van der Waals surface area contributed by atoms with Gasteiger partial charge < -0.3 is 15.7 Å². The van der Waals surface area contributed by atoms with E-state index in [2.05, 4.69) is 35.8 Å². The van der Waals surface area contributed by atoms with Gasteiger partial charge in [0, 0.05) is 5.56 Å². The van der Waals surface area contributed by atoms with Gasteiger partial charge >= 0.3 is 0 Å². The number of nitrogens with one attached hydrogen (secondary N) is 2. The first kappa shape index (κ1) is 18.0. The van der Waals surface area contributed by atoms with Gasteiger partial charge in [-0.15, -0.1) is 5.10 Å². The summed E-state index contributed by atoms with van der Waals surface area (Å²) in [6, 6.07) is 6.60. The van der Waals surface area contributed by atoms with Gasteiger partial charge in [0.2, 0.25) is 11.6 Å². The number of carbonyl (C=O) groups is 1. The van der Waals surface area contributed by atoms with E-state index in [-0.39, 0.29) is 23.1 Å². The summed E-state index contributed by atoms with van der Waals surface area (Å²) in [4.78, 5) is 13.5. The second kappa shape index (κ2) is 7.61. The Kier molecular flexibility index (Phi) is 5.08. The number of aromatic hydroxyl groups is 1. The van der Waals surface area contributed by atoms with Crippen molar-refractivity contribution in [1.29, 1.82) is 0 Å². The van der Waals surface area contributed by atoms with Crippen LogP contribution in [0.4, 0.5) is 5.82 Å². The number of hydrogen-bond acceptors (Lipinski definition) is 9. The molecule has 27 heavy (non-hydrogen) atoms. The lowest BCUT2D eigenvalue weighted by molar-refractivity contribution is -0.873. The smallest absolute Gasteiger partial charge is 0.294 e. The summed E-state index contributed by atoms with van der Waals surface area (Å²) >= 11 is 0. The number of nitrogen functional groups attached to an aromatic ring is 1. The summed E-state index contributed by atoms with van der Waals surface area (Å²) in [5.74, 6) is -0.346. The Morgan fingerprint density at radius 3 is 2.85 bits per heavy atom. The molecule has 0 aliphatic carbocycles. The molecule has 0 bridgehead atoms. The average Bonchev–Trinajstić information content (AvgIpc) is 3.22. The van der Waals surface area contributed by atoms with Gasteiger partial charge in [0.25, 0.3) is 5.91 Å². The number of rotatable bonds is 6. The summed E-state index contributed by atoms with van der Waals surface area (Å²) < 4.78 is 5.89. The molecule has 2 aromatic heterocycles. The van der Waals surface area contributed by atoms with Crippen LogP contribution in [0.3, 0.4) is 0 Å². The maximum Gasteiger partial charge on any atom is 0.294 e. The zero-order valence-electron chi connectivity index (χ0n) is 14.6. The van der Waals surface area contributed by atoms with Gasteiger partial charge in [-0.1, -0.05) is 17.3 Å². The number of aromatic nitrogens is 5. The van der Waals surface area contributed by atoms with Crippen LogP contribution in [0.2, 0.25) is 0 Å². The summed E-state index contributed by atoms with van der Waals surface area (Å²) in [5.41, 5.74) is 9.06. The van der Waals surface area contributed by atoms with Crippen LogP contribution in [-0.4, -0.2) is 56.6 Å². The molecule has 0 unspecified atom stereocenters. The lowest BCUT2D eigenvalue weighted by atomic mass is 10.2. The van der Waals surface area contributed by atoms with Crippen LogP contribution in [0.5, 0.6) is 5.75 Å². The van der Waals surface area contributed by atoms with Gasteiger partial charge in [-0.3, -0.25) is 4.79 Å². The molecular formula is C15H18N9O3+. The minimum Gasteiger partial charge on any atom is -0.507 e. The van der Waals surface area contributed by atoms with Crippen molar-refractivity contribution >= 4 is 17.9 Å². The van der Waals surface area contributed by atoms with E-state index in [0.29, 0.717) is 17.8 Å². The summed E-state index contributed by atoms with van der Waals surface area (Å²) in [7, 11) is 3.81. The van der Waals surface area contributed by atoms with E-state index >= 15 is 0 Å². The number of carbonyl (C=O) groups excluding carboxylic acids is 1. The van der Waals surface area contributed by atoms with Crippen LogP contribution >= 0.6 is 0 Å². The normalized spacial score (nSPS) is 11.4. The van der Waals surface area contributed by atoms with Crippen molar-refractivity contribution in [2.24, 2.45) is 5.10 Å². The molecule has 0 radical (unpaired) electrons. The number of phenols is 1. The lowest BCUT2D eigenvalue weighted by Crippen LogP contribution is -3.04. The van der Waals surface area contributed by atoms with Gasteiger partial charge in [-0.25, -0.2) is 10.1 Å². The van der Waals surface area contributed by atoms with Crippen LogP contribution < -0.4 is 16.1 Å². The molecule has 0 aliphatic rings. The Morgan fingerprint density at radius 1 is 1.41 bits per heavy atom. The molecule has 1 amide bonds. The summed E-state index contributed by atoms with van der Waals surface area (Å²) in [6.07, 6.45) is 1.33. The van der Waals surface area contributed by atoms with E-state index < -0.39 is 5.91 Å². The van der Waals surface area contributed by atoms with Crippen molar-refractivity contribution in [2.45, 2.75) is 6.54 Å². The number of hydrazone groups is 1. The van der Waals surface area contributed by atoms with Crippen LogP contribution in [0.15, 0.2) is 34.0 Å². The fourth-order valence-electron chi connectivity index (χ4n) is 2.29. The number of benzene rings is 1. The largest absolute Gasteiger partial charge is 0.507 e. The fourth-order valence-corrected chi connectivity index (χ4v) is 2.29. The third-order valence-corrected chi connectivity index (χ3v) is 3.50. The highest BCUT2D eigenvalue weighted by Crippen LogP contribution is 2.15. The molecule has 0 fully saturated rings. The first-order valence-electron chi connectivity index (χ1n) is 7.90. The molecule has 0 aliphatic heterocycles. The van der Waals surface area contributed by atoms with Crippen molar-refractivity contribution in [3.63, 3.8) is 0 Å². The minimum absolute atomic E-state index is 0.0273. The van der Waals surface area contributed by atoms with Crippen LogP contribution in [0, 0.1) is 0 Å². The molecule has 1 aromatic carbocycles. The second-order valence-corrected chi connectivity index (χ2v) is 5.91. The molecule has 3 aromatic rings. The first-order valence-corrected chi connectivity index (χ1v) is 7.90. The maximum absolute atomic E-state index is 12.5. The van der Waals surface area contributed by atoms with Crippen LogP contribution in [0.1, 0.15) is 21.7 Å². The molecule has 0 saturated heterocycles. The zero-order chi connectivity index (χ0) is 19.4. The predicted molar refractivity (Wildman–Crippen MR) is 93.3 cm³/mol. The van der Waals surface area contributed by atoms with E-state index in [1.807, 2.05) is 14.1 Å². The van der Waals surface area contributed by atoms with Gasteiger partial charge in [0.05, 0.1) is 20.3 Å². The van der Waals surface area contributed by atoms with E-state index in [1.165, 1.54) is 17.0 Å². The second-order valence-electron chi connectivity index (χ2n) is 5.91. The van der Waals surface area contributed by atoms with Crippen molar-refractivity contribution in [3.8, 4) is 11.6 Å². The number of phenolic OH excluding ortho intramolecular Hbond substituents is 1. The molecule has 140 valence electrons. The number of anilines is 1. The number of para-hydroxylation sites is 1. The van der Waals surface area contributed by atoms with E-state index in [0.717, 1.165) is 4.90 Å². The monoisotopic (exact) mass is 372 g/mol. The Bertz CT molecular complexity index is 977. The van der Waals surface area contributed by atoms with Gasteiger partial charge in [0.1, 0.15) is 18.0 Å². The predicted octanol–water partition coefficient (Wildman–Crippen LogP) is -1.65. The average molecular weight is 372 g/mol. The fraction of sp³-hybridized carbons (Fsp3) is 0.200. The Labute approximate surface area is 153 Å². The third kappa shape index (κ3) is 3.90. The summed E-state index contributed by atoms with van der Waals surface area (Å²) in [6.45, 7) is 0.408. The zero-order valence-corrected chi connectivity index (χ0v) is 14.6. The van der Waals surface area contributed by atoms with E-state index in [1.54, 1.807) is 18.2 Å². The highest BCUT2D eigenvalue weighted by Gasteiger charge is 2.25. The summed E-state index contributed by atoms with van der Waals surface area (Å²) in [5, 5.41) is 28.6. The topological polar surface area (TPSA) is 162 Å². The standard InChI is InChI=1S/C15H17N9O3/c1-23(2)8-10-12(18-22-24(10)14-13(16)20-27-21-14)15(26)19-17-7-9-5-3-4-6-11(9)25/h3-7,25H,8H2,1-2H3,(H2,16,20)(H,19,26)/p+1/b17-7+. The van der Waals surface area contributed by atoms with Gasteiger partial charge in [0.15, 0.2) is 5.69 Å². The molecule has 0 saturated carbocycles. The minimum atomic E-state index is -0.570.